The van der Waals surface area contributed by atoms with Gasteiger partial charge in [0.15, 0.2) is 5.78 Å². The van der Waals surface area contributed by atoms with E-state index in [2.05, 4.69) is 26.3 Å². The zero-order valence-electron chi connectivity index (χ0n) is 42.2. The molecule has 6 aromatic rings. The highest BCUT2D eigenvalue weighted by Gasteiger charge is 2.41. The number of nitrogens with one attached hydrogen (secondary N) is 5. The molecule has 6 amide bonds. The number of hydrogen-bond acceptors (Lipinski definition) is 9. The molecule has 0 aliphatic carbocycles. The Hall–Kier alpha value is -8.14. The molecule has 0 saturated carbocycles. The van der Waals surface area contributed by atoms with Gasteiger partial charge in [0.1, 0.15) is 35.1 Å². The smallest absolute Gasteiger partial charge is 0.408 e. The SMILES string of the molecule is COc1ccc(-c2c(-c3ccc(NC(=O)[C@@H]4CCCN4C(=O)[C@H](NC(=O)OC(C)(C)C)c4ccccc4)cc3)[nH]c3ccc(NC(=O)N4CCCC4C(=O)[C@H](NC(=O)OC(C)(C)C)c4ccccc4)cc23)cc1. The van der Waals surface area contributed by atoms with Gasteiger partial charge in [-0.05, 0) is 132 Å². The van der Waals surface area contributed by atoms with Crippen molar-refractivity contribution in [1.82, 2.24) is 25.4 Å². The number of H-pyrrole nitrogens is 1. The third-order valence-electron chi connectivity index (χ3n) is 12.7. The van der Waals surface area contributed by atoms with Crippen molar-refractivity contribution in [3.8, 4) is 28.1 Å². The van der Waals surface area contributed by atoms with Gasteiger partial charge in [0, 0.05) is 40.9 Å². The number of urea groups is 1. The van der Waals surface area contributed by atoms with Crippen molar-refractivity contribution in [3.05, 3.63) is 139 Å². The summed E-state index contributed by atoms with van der Waals surface area (Å²) in [6.45, 7) is 11.2. The monoisotopic (exact) mass is 989 g/mol. The summed E-state index contributed by atoms with van der Waals surface area (Å²) in [5.41, 5.74) is 4.75. The molecule has 16 nitrogen and oxygen atoms in total. The summed E-state index contributed by atoms with van der Waals surface area (Å²) in [6.07, 6.45) is 0.622. The predicted octanol–water partition coefficient (Wildman–Crippen LogP) is 10.5. The number of Topliss-reactive ketones (excluding diaryl/α,β-unsaturated/α-hetero) is 1. The number of carbonyl (C=O) groups is 6. The highest BCUT2D eigenvalue weighted by molar-refractivity contribution is 6.07. The Morgan fingerprint density at radius 2 is 1.14 bits per heavy atom. The molecule has 2 fully saturated rings. The summed E-state index contributed by atoms with van der Waals surface area (Å²) in [5, 5.41) is 12.4. The van der Waals surface area contributed by atoms with Crippen LogP contribution in [0, 0.1) is 0 Å². The van der Waals surface area contributed by atoms with Crippen LogP contribution in [0.5, 0.6) is 5.75 Å². The number of aromatic amines is 1. The van der Waals surface area contributed by atoms with Gasteiger partial charge in [-0.3, -0.25) is 14.4 Å². The van der Waals surface area contributed by atoms with Gasteiger partial charge < -0.3 is 50.3 Å². The van der Waals surface area contributed by atoms with Crippen molar-refractivity contribution in [2.24, 2.45) is 0 Å². The van der Waals surface area contributed by atoms with E-state index in [9.17, 15) is 28.8 Å². The molecule has 8 rings (SSSR count). The molecule has 380 valence electrons. The summed E-state index contributed by atoms with van der Waals surface area (Å²) in [7, 11) is 1.60. The molecule has 1 aromatic heterocycles. The largest absolute Gasteiger partial charge is 0.497 e. The van der Waals surface area contributed by atoms with Crippen molar-refractivity contribution in [3.63, 3.8) is 0 Å². The van der Waals surface area contributed by atoms with Crippen LogP contribution in [0.4, 0.5) is 25.8 Å². The van der Waals surface area contributed by atoms with E-state index in [1.807, 2.05) is 60.7 Å². The summed E-state index contributed by atoms with van der Waals surface area (Å²) in [6, 6.07) is 34.4. The average Bonchev–Trinajstić information content (AvgIpc) is 4.14. The Morgan fingerprint density at radius 1 is 0.603 bits per heavy atom. The lowest BCUT2D eigenvalue weighted by atomic mass is 9.96. The molecular formula is C57H63N7O9. The first kappa shape index (κ1) is 51.2. The zero-order chi connectivity index (χ0) is 52.0. The second-order valence-electron chi connectivity index (χ2n) is 20.3. The van der Waals surface area contributed by atoms with Crippen LogP contribution in [0.3, 0.4) is 0 Å². The molecule has 16 heteroatoms. The number of alkyl carbamates (subject to hydrolysis) is 2. The molecule has 73 heavy (non-hydrogen) atoms. The minimum Gasteiger partial charge on any atom is -0.497 e. The lowest BCUT2D eigenvalue weighted by Crippen LogP contribution is -2.49. The summed E-state index contributed by atoms with van der Waals surface area (Å²) in [4.78, 5) is 89.2. The number of carbonyl (C=O) groups excluding carboxylic acids is 6. The molecule has 2 saturated heterocycles. The highest BCUT2D eigenvalue weighted by Crippen LogP contribution is 2.41. The number of methoxy groups -OCH3 is 1. The van der Waals surface area contributed by atoms with Crippen LogP contribution in [-0.2, 0) is 23.9 Å². The van der Waals surface area contributed by atoms with Gasteiger partial charge in [-0.25, -0.2) is 14.4 Å². The van der Waals surface area contributed by atoms with Crippen LogP contribution in [0.15, 0.2) is 127 Å². The Morgan fingerprint density at radius 3 is 1.73 bits per heavy atom. The van der Waals surface area contributed by atoms with E-state index >= 15 is 0 Å². The van der Waals surface area contributed by atoms with Crippen molar-refractivity contribution >= 4 is 58.1 Å². The van der Waals surface area contributed by atoms with E-state index in [0.717, 1.165) is 33.3 Å². The lowest BCUT2D eigenvalue weighted by Gasteiger charge is -2.29. The second kappa shape index (κ2) is 21.7. The van der Waals surface area contributed by atoms with Gasteiger partial charge in [-0.1, -0.05) is 84.9 Å². The highest BCUT2D eigenvalue weighted by atomic mass is 16.6. The minimum atomic E-state index is -1.06. The first-order valence-electron chi connectivity index (χ1n) is 24.6. The van der Waals surface area contributed by atoms with Gasteiger partial charge in [0.25, 0.3) is 5.91 Å². The Labute approximate surface area is 425 Å². The third kappa shape index (κ3) is 12.3. The molecule has 0 bridgehead atoms. The number of ether oxygens (including phenoxy) is 3. The first-order chi connectivity index (χ1) is 34.9. The molecule has 2 aliphatic heterocycles. The normalized spacial score (nSPS) is 16.5. The molecule has 3 heterocycles. The Bertz CT molecular complexity index is 2960. The van der Waals surface area contributed by atoms with Crippen LogP contribution < -0.4 is 26.0 Å². The fraction of sp³-hybridized carbons (Fsp3) is 0.333. The lowest BCUT2D eigenvalue weighted by molar-refractivity contribution is -0.138. The molecule has 0 spiro atoms. The standard InChI is InChI=1S/C57H63N7O9/c1-56(2,3)72-54(69)61-48(36-16-10-8-11-17-36)50(65)44-20-14-33-64(44)53(68)59-40-28-31-43-42(34-40)46(35-24-29-41(71-7)30-25-35)47(60-43)38-22-26-39(27-23-38)58-51(66)45-21-15-32-63(45)52(67)49(37-18-12-9-13-19-37)62-55(70)73-57(4,5)6/h8-13,16-19,22-31,34,44-45,48-49,60H,14-15,20-21,32-33H2,1-7H3,(H,58,66)(H,59,68)(H,61,69)(H,62,70)/t44?,45-,48+,49+/m0/s1. The fourth-order valence-corrected chi connectivity index (χ4v) is 9.40. The number of aromatic nitrogens is 1. The number of hydrogen-bond donors (Lipinski definition) is 5. The topological polar surface area (TPSA) is 200 Å². The van der Waals surface area contributed by atoms with Crippen molar-refractivity contribution in [1.29, 1.82) is 0 Å². The van der Waals surface area contributed by atoms with Crippen LogP contribution in [0.2, 0.25) is 0 Å². The maximum atomic E-state index is 14.3. The molecule has 4 atom stereocenters. The maximum Gasteiger partial charge on any atom is 0.408 e. The van der Waals surface area contributed by atoms with Crippen LogP contribution in [-0.4, -0.2) is 94.1 Å². The molecule has 0 radical (unpaired) electrons. The maximum absolute atomic E-state index is 14.3. The third-order valence-corrected chi connectivity index (χ3v) is 12.7. The number of amides is 6. The summed E-state index contributed by atoms with van der Waals surface area (Å²) in [5.74, 6) is -0.393. The van der Waals surface area contributed by atoms with E-state index < -0.39 is 59.5 Å². The van der Waals surface area contributed by atoms with Gasteiger partial charge in [0.05, 0.1) is 18.8 Å². The van der Waals surface area contributed by atoms with Crippen molar-refractivity contribution < 1.29 is 43.0 Å². The average molecular weight is 990 g/mol. The minimum absolute atomic E-state index is 0.319. The molecular weight excluding hydrogens is 927 g/mol. The Balaban J connectivity index is 1.01. The molecule has 1 unspecified atom stereocenters. The number of likely N-dealkylation sites (tertiary alicyclic amines) is 2. The van der Waals surface area contributed by atoms with E-state index in [-0.39, 0.29) is 11.7 Å². The zero-order valence-corrected chi connectivity index (χ0v) is 42.2. The second-order valence-corrected chi connectivity index (χ2v) is 20.3. The molecule has 2 aliphatic rings. The van der Waals surface area contributed by atoms with Gasteiger partial charge >= 0.3 is 18.2 Å². The number of rotatable bonds is 13. The quantitative estimate of drug-likeness (QED) is 0.0747. The Kier molecular flexibility index (Phi) is 15.2. The van der Waals surface area contributed by atoms with Crippen molar-refractivity contribution in [2.75, 3.05) is 30.8 Å². The summed E-state index contributed by atoms with van der Waals surface area (Å²) >= 11 is 0. The first-order valence-corrected chi connectivity index (χ1v) is 24.6. The number of ketones is 1. The number of fused-ring (bicyclic) bond motifs is 1. The number of anilines is 2. The van der Waals surface area contributed by atoms with Crippen LogP contribution in [0.25, 0.3) is 33.3 Å². The predicted molar refractivity (Wildman–Crippen MR) is 280 cm³/mol. The molecule has 5 aromatic carbocycles. The van der Waals surface area contributed by atoms with E-state index in [1.54, 1.807) is 115 Å². The van der Waals surface area contributed by atoms with Crippen molar-refractivity contribution in [2.45, 2.75) is 103 Å². The van der Waals surface area contributed by atoms with Gasteiger partial charge in [-0.2, -0.15) is 0 Å². The van der Waals surface area contributed by atoms with E-state index in [0.29, 0.717) is 67.0 Å². The van der Waals surface area contributed by atoms with E-state index in [1.165, 1.54) is 9.80 Å². The summed E-state index contributed by atoms with van der Waals surface area (Å²) < 4.78 is 16.5. The van der Waals surface area contributed by atoms with Crippen LogP contribution >= 0.6 is 0 Å². The van der Waals surface area contributed by atoms with Crippen LogP contribution in [0.1, 0.15) is 90.4 Å². The van der Waals surface area contributed by atoms with E-state index in [4.69, 9.17) is 14.2 Å². The molecule has 5 N–H and O–H groups in total. The van der Waals surface area contributed by atoms with Gasteiger partial charge in [-0.15, -0.1) is 0 Å². The number of benzene rings is 5. The van der Waals surface area contributed by atoms with Gasteiger partial charge in [0.2, 0.25) is 5.91 Å². The number of nitrogens with zero attached hydrogens (tertiary/aromatic N) is 2. The fourth-order valence-electron chi connectivity index (χ4n) is 9.40.